The smallest absolute Gasteiger partial charge is 0.407 e. The normalized spacial score (nSPS) is 27.4. The summed E-state index contributed by atoms with van der Waals surface area (Å²) in [5, 5.41) is 9.90. The second kappa shape index (κ2) is 15.6. The molecular formula is C34H46ClFN4O5S. The molecule has 0 radical (unpaired) electrons. The van der Waals surface area contributed by atoms with Gasteiger partial charge in [0, 0.05) is 53.2 Å². The molecule has 3 fully saturated rings. The third-order valence-electron chi connectivity index (χ3n) is 9.55. The Morgan fingerprint density at radius 1 is 1.20 bits per heavy atom. The van der Waals surface area contributed by atoms with Gasteiger partial charge in [-0.25, -0.2) is 17.7 Å². The summed E-state index contributed by atoms with van der Waals surface area (Å²) < 4.78 is 41.6. The van der Waals surface area contributed by atoms with Crippen LogP contribution < -0.4 is 16.0 Å². The fraction of sp³-hybridized carbons (Fsp3) is 0.588. The summed E-state index contributed by atoms with van der Waals surface area (Å²) in [7, 11) is 0.187. The Balaban J connectivity index is 1.42. The Labute approximate surface area is 278 Å². The van der Waals surface area contributed by atoms with E-state index in [9.17, 15) is 13.8 Å². The molecule has 3 heterocycles. The summed E-state index contributed by atoms with van der Waals surface area (Å²) >= 11 is 6.23. The number of amides is 2. The predicted molar refractivity (Wildman–Crippen MR) is 179 cm³/mol. The van der Waals surface area contributed by atoms with Crippen molar-refractivity contribution < 1.29 is 27.7 Å². The number of nitrogens with one attached hydrogen (secondary N) is 3. The number of methoxy groups -OCH3 is 1. The van der Waals surface area contributed by atoms with E-state index in [1.807, 2.05) is 26.0 Å². The lowest BCUT2D eigenvalue weighted by Crippen LogP contribution is -2.51. The first-order valence-electron chi connectivity index (χ1n) is 16.3. The maximum atomic E-state index is 15.5. The van der Waals surface area contributed by atoms with Gasteiger partial charge in [-0.2, -0.15) is 0 Å². The van der Waals surface area contributed by atoms with Gasteiger partial charge in [0.2, 0.25) is 5.91 Å². The minimum Gasteiger partial charge on any atom is -0.453 e. The number of carbonyl (C=O) groups is 2. The average molecular weight is 677 g/mol. The lowest BCUT2D eigenvalue weighted by molar-refractivity contribution is -0.120. The quantitative estimate of drug-likeness (QED) is 0.321. The topological polar surface area (TPSA) is 109 Å². The standard InChI is InChI=1S/C34H46ClFN4O5S/c1-34(2)20-23(16-18-45-34)30(22-9-11-24(35)12-10-22)31(39-33(42)44-3)32(41)38-29-8-4-7-28(36)27(29)14-13-26-15-17-37-25-6-5-19-46(43)40(26)21-25/h4,7-12,23,25-26,30-31,37H,5-6,13-21H2,1-3H3,(H,38,41)(H,39,42)/t23?,25?,26-,30-,31-,46?/m0/s1. The first-order valence-corrected chi connectivity index (χ1v) is 17.9. The minimum absolute atomic E-state index is 0.0213. The van der Waals surface area contributed by atoms with Crippen LogP contribution in [0.3, 0.4) is 0 Å². The van der Waals surface area contributed by atoms with Crippen LogP contribution in [0.1, 0.15) is 69.4 Å². The third-order valence-corrected chi connectivity index (χ3v) is 11.4. The van der Waals surface area contributed by atoms with E-state index in [0.29, 0.717) is 66.9 Å². The lowest BCUT2D eigenvalue weighted by atomic mass is 9.73. The van der Waals surface area contributed by atoms with Crippen molar-refractivity contribution in [2.45, 2.75) is 88.4 Å². The molecular weight excluding hydrogens is 631 g/mol. The van der Waals surface area contributed by atoms with Crippen molar-refractivity contribution in [2.24, 2.45) is 5.92 Å². The number of halogens is 2. The van der Waals surface area contributed by atoms with Crippen molar-refractivity contribution in [1.82, 2.24) is 14.9 Å². The fourth-order valence-electron chi connectivity index (χ4n) is 7.29. The lowest BCUT2D eigenvalue weighted by Gasteiger charge is -2.41. The summed E-state index contributed by atoms with van der Waals surface area (Å²) in [4.78, 5) is 27.0. The van der Waals surface area contributed by atoms with Crippen LogP contribution in [0.25, 0.3) is 0 Å². The van der Waals surface area contributed by atoms with E-state index >= 15 is 4.39 Å². The predicted octanol–water partition coefficient (Wildman–Crippen LogP) is 5.55. The molecule has 0 saturated carbocycles. The van der Waals surface area contributed by atoms with E-state index in [0.717, 1.165) is 31.4 Å². The minimum atomic E-state index is -1.07. The number of alkyl carbamates (subject to hydrolysis) is 1. The van der Waals surface area contributed by atoms with E-state index in [1.165, 1.54) is 13.2 Å². The molecule has 9 nitrogen and oxygen atoms in total. The second-order valence-electron chi connectivity index (χ2n) is 13.2. The van der Waals surface area contributed by atoms with Crippen molar-refractivity contribution in [3.63, 3.8) is 0 Å². The van der Waals surface area contributed by atoms with Crippen LogP contribution in [-0.2, 0) is 31.7 Å². The van der Waals surface area contributed by atoms with Crippen LogP contribution in [0.2, 0.25) is 5.02 Å². The van der Waals surface area contributed by atoms with Gasteiger partial charge >= 0.3 is 6.09 Å². The van der Waals surface area contributed by atoms with E-state index in [-0.39, 0.29) is 12.0 Å². The molecule has 0 spiro atoms. The maximum absolute atomic E-state index is 15.5. The van der Waals surface area contributed by atoms with Crippen LogP contribution in [-0.4, -0.2) is 76.8 Å². The number of ether oxygens (including phenoxy) is 2. The zero-order chi connectivity index (χ0) is 32.8. The third kappa shape index (κ3) is 8.66. The second-order valence-corrected chi connectivity index (χ2v) is 15.2. The summed E-state index contributed by atoms with van der Waals surface area (Å²) in [6.07, 6.45) is 4.29. The van der Waals surface area contributed by atoms with Crippen molar-refractivity contribution >= 4 is 40.3 Å². The number of benzene rings is 2. The van der Waals surface area contributed by atoms with Crippen LogP contribution in [0.4, 0.5) is 14.9 Å². The largest absolute Gasteiger partial charge is 0.453 e. The van der Waals surface area contributed by atoms with Gasteiger partial charge in [-0.05, 0) is 101 Å². The van der Waals surface area contributed by atoms with Gasteiger partial charge < -0.3 is 25.4 Å². The highest BCUT2D eigenvalue weighted by Gasteiger charge is 2.42. The van der Waals surface area contributed by atoms with Gasteiger partial charge in [-0.15, -0.1) is 0 Å². The van der Waals surface area contributed by atoms with Gasteiger partial charge in [0.1, 0.15) is 11.9 Å². The van der Waals surface area contributed by atoms with Gasteiger partial charge in [0.15, 0.2) is 0 Å². The number of hydrogen-bond donors (Lipinski definition) is 3. The summed E-state index contributed by atoms with van der Waals surface area (Å²) in [6.45, 7) is 6.09. The molecule has 4 unspecified atom stereocenters. The molecule has 0 aromatic heterocycles. The Bertz CT molecular complexity index is 1400. The Morgan fingerprint density at radius 2 is 1.98 bits per heavy atom. The maximum Gasteiger partial charge on any atom is 0.407 e. The molecule has 2 bridgehead atoms. The molecule has 7 atom stereocenters. The van der Waals surface area contributed by atoms with E-state index < -0.39 is 46.4 Å². The van der Waals surface area contributed by atoms with Crippen LogP contribution in [0, 0.1) is 11.7 Å². The fourth-order valence-corrected chi connectivity index (χ4v) is 8.96. The van der Waals surface area contributed by atoms with Gasteiger partial charge in [0.25, 0.3) is 0 Å². The highest BCUT2D eigenvalue weighted by Crippen LogP contribution is 2.41. The number of hydrogen-bond acceptors (Lipinski definition) is 6. The van der Waals surface area contributed by atoms with Crippen molar-refractivity contribution in [1.29, 1.82) is 0 Å². The Hall–Kier alpha value is -2.57. The first kappa shape index (κ1) is 34.8. The molecule has 2 amide bonds. The monoisotopic (exact) mass is 676 g/mol. The zero-order valence-corrected chi connectivity index (χ0v) is 28.4. The van der Waals surface area contributed by atoms with Crippen LogP contribution in [0.15, 0.2) is 42.5 Å². The molecule has 46 heavy (non-hydrogen) atoms. The molecule has 12 heteroatoms. The first-order chi connectivity index (χ1) is 22.0. The van der Waals surface area contributed by atoms with E-state index in [1.54, 1.807) is 24.3 Å². The van der Waals surface area contributed by atoms with Gasteiger partial charge in [-0.3, -0.25) is 4.79 Å². The van der Waals surface area contributed by atoms with E-state index in [4.69, 9.17) is 21.1 Å². The molecule has 0 aliphatic carbocycles. The van der Waals surface area contributed by atoms with Crippen molar-refractivity contribution in [3.05, 3.63) is 64.4 Å². The number of carbonyl (C=O) groups excluding carboxylic acids is 2. The Morgan fingerprint density at radius 3 is 2.72 bits per heavy atom. The summed E-state index contributed by atoms with van der Waals surface area (Å²) in [5.74, 6) is -0.717. The van der Waals surface area contributed by atoms with Gasteiger partial charge in [-0.1, -0.05) is 29.8 Å². The van der Waals surface area contributed by atoms with Crippen molar-refractivity contribution in [2.75, 3.05) is 37.9 Å². The number of rotatable bonds is 9. The highest BCUT2D eigenvalue weighted by molar-refractivity contribution is 7.82. The number of nitrogens with zero attached hydrogens (tertiary/aromatic N) is 1. The highest BCUT2D eigenvalue weighted by atomic mass is 35.5. The molecule has 3 aliphatic heterocycles. The SMILES string of the molecule is COC(=O)N[C@H](C(=O)Nc1cccc(F)c1CC[C@H]1CCNC2CCCS(=O)N1C2)[C@@H](c1ccc(Cl)cc1)C1CCOC(C)(C)C1. The van der Waals surface area contributed by atoms with Crippen LogP contribution in [0.5, 0.6) is 0 Å². The van der Waals surface area contributed by atoms with E-state index in [2.05, 4.69) is 20.3 Å². The summed E-state index contributed by atoms with van der Waals surface area (Å²) in [5.41, 5.74) is 1.16. The zero-order valence-electron chi connectivity index (χ0n) is 26.9. The number of fused-ring (bicyclic) bond motifs is 2. The molecule has 252 valence electrons. The molecule has 3 saturated heterocycles. The average Bonchev–Trinajstić information content (AvgIpc) is 3.34. The number of anilines is 1. The molecule has 2 aromatic rings. The van der Waals surface area contributed by atoms with Crippen molar-refractivity contribution in [3.8, 4) is 0 Å². The molecule has 5 rings (SSSR count). The molecule has 2 aromatic carbocycles. The Kier molecular flexibility index (Phi) is 11.8. The van der Waals surface area contributed by atoms with Gasteiger partial charge in [0.05, 0.1) is 23.7 Å². The molecule has 3 N–H and O–H groups in total. The van der Waals surface area contributed by atoms with Crippen LogP contribution >= 0.6 is 11.6 Å². The molecule has 3 aliphatic rings. The summed E-state index contributed by atoms with van der Waals surface area (Å²) in [6, 6.07) is 11.3.